The van der Waals surface area contributed by atoms with E-state index in [0.29, 0.717) is 36.5 Å². The van der Waals surface area contributed by atoms with Crippen molar-refractivity contribution in [3.8, 4) is 0 Å². The van der Waals surface area contributed by atoms with Crippen LogP contribution in [0.15, 0.2) is 46.5 Å². The van der Waals surface area contributed by atoms with Gasteiger partial charge in [0.2, 0.25) is 10.0 Å². The SMILES string of the molecule is CSc1ncccc1C(=O)N1CCC(CNS(=O)(=O)c2c(F)cccc2F)CC1. The van der Waals surface area contributed by atoms with Crippen molar-refractivity contribution in [2.24, 2.45) is 5.92 Å². The molecule has 0 unspecified atom stereocenters. The highest BCUT2D eigenvalue weighted by Gasteiger charge is 2.28. The highest BCUT2D eigenvalue weighted by atomic mass is 32.2. The van der Waals surface area contributed by atoms with Gasteiger partial charge in [0.15, 0.2) is 4.90 Å². The standard InChI is InChI=1S/C19H21F2N3O3S2/c1-28-18-14(4-3-9-22-18)19(25)24-10-7-13(8-11-24)12-23-29(26,27)17-15(20)5-2-6-16(17)21/h2-6,9,13,23H,7-8,10-12H2,1H3. The highest BCUT2D eigenvalue weighted by Crippen LogP contribution is 2.24. The number of sulfonamides is 1. The van der Waals surface area contributed by atoms with E-state index in [1.165, 1.54) is 11.8 Å². The Labute approximate surface area is 172 Å². The van der Waals surface area contributed by atoms with Crippen LogP contribution in [0.25, 0.3) is 0 Å². The Morgan fingerprint density at radius 3 is 2.48 bits per heavy atom. The molecule has 0 radical (unpaired) electrons. The number of likely N-dealkylation sites (tertiary alicyclic amines) is 1. The molecule has 0 spiro atoms. The van der Waals surface area contributed by atoms with Crippen molar-refractivity contribution in [1.29, 1.82) is 0 Å². The maximum atomic E-state index is 13.8. The second kappa shape index (κ2) is 9.19. The fourth-order valence-corrected chi connectivity index (χ4v) is 5.06. The number of amides is 1. The number of halogens is 2. The van der Waals surface area contributed by atoms with Gasteiger partial charge in [0.25, 0.3) is 5.91 Å². The minimum absolute atomic E-state index is 0.0300. The van der Waals surface area contributed by atoms with Gasteiger partial charge in [-0.15, -0.1) is 11.8 Å². The third kappa shape index (κ3) is 4.93. The summed E-state index contributed by atoms with van der Waals surface area (Å²) >= 11 is 1.40. The molecule has 3 rings (SSSR count). The van der Waals surface area contributed by atoms with Gasteiger partial charge in [0.1, 0.15) is 16.7 Å². The van der Waals surface area contributed by atoms with Crippen LogP contribution in [-0.2, 0) is 10.0 Å². The highest BCUT2D eigenvalue weighted by molar-refractivity contribution is 7.98. The monoisotopic (exact) mass is 441 g/mol. The summed E-state index contributed by atoms with van der Waals surface area (Å²) in [6.07, 6.45) is 4.67. The van der Waals surface area contributed by atoms with Crippen LogP contribution in [0.3, 0.4) is 0 Å². The molecule has 0 saturated carbocycles. The van der Waals surface area contributed by atoms with Gasteiger partial charge >= 0.3 is 0 Å². The molecule has 1 aromatic heterocycles. The molecule has 0 bridgehead atoms. The Morgan fingerprint density at radius 1 is 1.21 bits per heavy atom. The molecule has 0 atom stereocenters. The Hall–Kier alpha value is -2.04. The van der Waals surface area contributed by atoms with Crippen LogP contribution in [0.2, 0.25) is 0 Å². The Morgan fingerprint density at radius 2 is 1.86 bits per heavy atom. The van der Waals surface area contributed by atoms with Crippen molar-refractivity contribution in [3.05, 3.63) is 53.7 Å². The van der Waals surface area contributed by atoms with Crippen molar-refractivity contribution < 1.29 is 22.0 Å². The molecule has 1 fully saturated rings. The van der Waals surface area contributed by atoms with Crippen LogP contribution in [0, 0.1) is 17.6 Å². The number of aromatic nitrogens is 1. The Bertz CT molecular complexity index is 974. The summed E-state index contributed by atoms with van der Waals surface area (Å²) in [4.78, 5) is 17.7. The number of carbonyl (C=O) groups excluding carboxylic acids is 1. The first-order chi connectivity index (χ1) is 13.8. The fourth-order valence-electron chi connectivity index (χ4n) is 3.27. The van der Waals surface area contributed by atoms with E-state index in [2.05, 4.69) is 9.71 Å². The molecule has 10 heteroatoms. The smallest absolute Gasteiger partial charge is 0.256 e. The van der Waals surface area contributed by atoms with Gasteiger partial charge in [-0.25, -0.2) is 26.9 Å². The zero-order valence-corrected chi connectivity index (χ0v) is 17.4. The maximum absolute atomic E-state index is 13.8. The normalized spacial score (nSPS) is 15.5. The van der Waals surface area contributed by atoms with E-state index in [-0.39, 0.29) is 18.4 Å². The fraction of sp³-hybridized carbons (Fsp3) is 0.368. The number of piperidine rings is 1. The molecule has 1 aromatic carbocycles. The minimum atomic E-state index is -4.29. The lowest BCUT2D eigenvalue weighted by atomic mass is 9.97. The zero-order valence-electron chi connectivity index (χ0n) is 15.8. The summed E-state index contributed by atoms with van der Waals surface area (Å²) in [6.45, 7) is 1.01. The number of benzene rings is 1. The van der Waals surface area contributed by atoms with Crippen molar-refractivity contribution >= 4 is 27.7 Å². The molecular weight excluding hydrogens is 420 g/mol. The molecule has 6 nitrogen and oxygen atoms in total. The maximum Gasteiger partial charge on any atom is 0.256 e. The molecule has 156 valence electrons. The predicted molar refractivity (Wildman–Crippen MR) is 106 cm³/mol. The summed E-state index contributed by atoms with van der Waals surface area (Å²) in [6, 6.07) is 6.38. The molecular formula is C19H21F2N3O3S2. The number of hydrogen-bond acceptors (Lipinski definition) is 5. The quantitative estimate of drug-likeness (QED) is 0.698. The van der Waals surface area contributed by atoms with Crippen LogP contribution >= 0.6 is 11.8 Å². The van der Waals surface area contributed by atoms with Gasteiger partial charge in [-0.3, -0.25) is 4.79 Å². The number of pyridine rings is 1. The van der Waals surface area contributed by atoms with Gasteiger partial charge in [-0.2, -0.15) is 0 Å². The zero-order chi connectivity index (χ0) is 21.0. The van der Waals surface area contributed by atoms with E-state index >= 15 is 0 Å². The van der Waals surface area contributed by atoms with E-state index < -0.39 is 26.6 Å². The first-order valence-corrected chi connectivity index (χ1v) is 11.8. The summed E-state index contributed by atoms with van der Waals surface area (Å²) in [5.74, 6) is -2.38. The number of rotatable bonds is 6. The van der Waals surface area contributed by atoms with Gasteiger partial charge in [-0.05, 0) is 49.3 Å². The minimum Gasteiger partial charge on any atom is -0.339 e. The summed E-state index contributed by atoms with van der Waals surface area (Å²) < 4.78 is 54.4. The first kappa shape index (κ1) is 21.7. The van der Waals surface area contributed by atoms with Crippen molar-refractivity contribution in [2.45, 2.75) is 22.8 Å². The second-order valence-electron chi connectivity index (χ2n) is 6.70. The van der Waals surface area contributed by atoms with Crippen LogP contribution in [-0.4, -0.2) is 50.1 Å². The van der Waals surface area contributed by atoms with Gasteiger partial charge in [0.05, 0.1) is 5.56 Å². The number of hydrogen-bond donors (Lipinski definition) is 1. The van der Waals surface area contributed by atoms with Crippen LogP contribution in [0.1, 0.15) is 23.2 Å². The predicted octanol–water partition coefficient (Wildman–Crippen LogP) is 2.91. The number of thioether (sulfide) groups is 1. The number of nitrogens with one attached hydrogen (secondary N) is 1. The Kier molecular flexibility index (Phi) is 6.86. The van der Waals surface area contributed by atoms with Crippen molar-refractivity contribution in [1.82, 2.24) is 14.6 Å². The molecule has 1 N–H and O–H groups in total. The molecule has 2 aromatic rings. The van der Waals surface area contributed by atoms with Gasteiger partial charge < -0.3 is 4.90 Å². The molecule has 1 amide bonds. The lowest BCUT2D eigenvalue weighted by Gasteiger charge is -2.32. The lowest BCUT2D eigenvalue weighted by molar-refractivity contribution is 0.0687. The average molecular weight is 442 g/mol. The van der Waals surface area contributed by atoms with Crippen LogP contribution in [0.5, 0.6) is 0 Å². The molecule has 2 heterocycles. The molecule has 1 aliphatic rings. The number of carbonyl (C=O) groups is 1. The van der Waals surface area contributed by atoms with Crippen LogP contribution < -0.4 is 4.72 Å². The topological polar surface area (TPSA) is 79.4 Å². The van der Waals surface area contributed by atoms with Crippen LogP contribution in [0.4, 0.5) is 8.78 Å². The molecule has 0 aliphatic carbocycles. The molecule has 1 aliphatic heterocycles. The summed E-state index contributed by atoms with van der Waals surface area (Å²) in [5.41, 5.74) is 0.550. The Balaban J connectivity index is 1.58. The molecule has 1 saturated heterocycles. The number of nitrogens with zero attached hydrogens (tertiary/aromatic N) is 2. The van der Waals surface area contributed by atoms with E-state index in [4.69, 9.17) is 0 Å². The van der Waals surface area contributed by atoms with Gasteiger partial charge in [-0.1, -0.05) is 6.07 Å². The van der Waals surface area contributed by atoms with E-state index in [9.17, 15) is 22.0 Å². The average Bonchev–Trinajstić information content (AvgIpc) is 2.72. The largest absolute Gasteiger partial charge is 0.339 e. The molecule has 29 heavy (non-hydrogen) atoms. The van der Waals surface area contributed by atoms with E-state index in [0.717, 1.165) is 18.2 Å². The van der Waals surface area contributed by atoms with E-state index in [1.807, 2.05) is 6.26 Å². The lowest BCUT2D eigenvalue weighted by Crippen LogP contribution is -2.41. The van der Waals surface area contributed by atoms with Gasteiger partial charge in [0, 0.05) is 25.8 Å². The third-order valence-corrected chi connectivity index (χ3v) is 7.03. The first-order valence-electron chi connectivity index (χ1n) is 9.05. The summed E-state index contributed by atoms with van der Waals surface area (Å²) in [7, 11) is -4.29. The summed E-state index contributed by atoms with van der Waals surface area (Å²) in [5, 5.41) is 0.666. The third-order valence-electron chi connectivity index (χ3n) is 4.85. The van der Waals surface area contributed by atoms with E-state index in [1.54, 1.807) is 23.2 Å². The van der Waals surface area contributed by atoms with Crippen molar-refractivity contribution in [2.75, 3.05) is 25.9 Å². The second-order valence-corrected chi connectivity index (χ2v) is 9.20. The van der Waals surface area contributed by atoms with Crippen molar-refractivity contribution in [3.63, 3.8) is 0 Å².